The van der Waals surface area contributed by atoms with E-state index in [-0.39, 0.29) is 11.2 Å². The Morgan fingerprint density at radius 1 is 1.00 bits per heavy atom. The largest absolute Gasteiger partial charge is 0.488 e. The molecule has 0 amide bonds. The van der Waals surface area contributed by atoms with Gasteiger partial charge in [0.15, 0.2) is 0 Å². The number of hydrogen-bond donors (Lipinski definition) is 1. The van der Waals surface area contributed by atoms with Crippen molar-refractivity contribution >= 4 is 0 Å². The number of benzene rings is 1. The van der Waals surface area contributed by atoms with Crippen molar-refractivity contribution in [2.24, 2.45) is 0 Å². The summed E-state index contributed by atoms with van der Waals surface area (Å²) in [6.45, 7) is 14.7. The van der Waals surface area contributed by atoms with Crippen molar-refractivity contribution in [2.45, 2.75) is 65.6 Å². The van der Waals surface area contributed by atoms with E-state index in [0.717, 1.165) is 5.75 Å². The van der Waals surface area contributed by atoms with Gasteiger partial charge in [-0.3, -0.25) is 0 Å². The molecule has 1 N–H and O–H groups in total. The van der Waals surface area contributed by atoms with Crippen molar-refractivity contribution in [1.82, 2.24) is 0 Å². The molecule has 5 nitrogen and oxygen atoms in total. The monoisotopic (exact) mass is 390 g/mol. The Labute approximate surface area is 169 Å². The molecule has 1 aromatic rings. The summed E-state index contributed by atoms with van der Waals surface area (Å²) in [5.74, 6) is 1.73. The number of hydrogen-bond acceptors (Lipinski definition) is 5. The van der Waals surface area contributed by atoms with Crippen molar-refractivity contribution in [1.29, 1.82) is 0 Å². The van der Waals surface area contributed by atoms with Gasteiger partial charge in [0.05, 0.1) is 12.2 Å². The van der Waals surface area contributed by atoms with E-state index in [1.165, 1.54) is 0 Å². The predicted molar refractivity (Wildman–Crippen MR) is 112 cm³/mol. The zero-order valence-electron chi connectivity index (χ0n) is 17.9. The highest BCUT2D eigenvalue weighted by molar-refractivity contribution is 5.31. The van der Waals surface area contributed by atoms with Crippen LogP contribution in [0.4, 0.5) is 0 Å². The quantitative estimate of drug-likeness (QED) is 0.252. The molecule has 156 valence electrons. The summed E-state index contributed by atoms with van der Waals surface area (Å²) in [6, 6.07) is 7.00. The molecule has 0 aliphatic rings. The average Bonchev–Trinajstić information content (AvgIpc) is 2.54. The summed E-state index contributed by atoms with van der Waals surface area (Å²) in [4.78, 5) is 0. The molecule has 1 rings (SSSR count). The van der Waals surface area contributed by atoms with E-state index in [2.05, 4.69) is 6.58 Å². The van der Waals surface area contributed by atoms with Crippen LogP contribution >= 0.6 is 0 Å². The van der Waals surface area contributed by atoms with E-state index in [4.69, 9.17) is 18.9 Å². The van der Waals surface area contributed by atoms with Crippen LogP contribution in [0.25, 0.3) is 0 Å². The van der Waals surface area contributed by atoms with Crippen molar-refractivity contribution in [2.75, 3.05) is 6.61 Å². The maximum atomic E-state index is 10.1. The number of aliphatic hydroxyl groups is 1. The van der Waals surface area contributed by atoms with Gasteiger partial charge in [0, 0.05) is 6.42 Å². The molecule has 0 saturated heterocycles. The Balaban J connectivity index is 2.53. The number of allylic oxidation sites excluding steroid dienone is 3. The Bertz CT molecular complexity index is 645. The van der Waals surface area contributed by atoms with E-state index in [9.17, 15) is 5.11 Å². The Hall–Kier alpha value is -2.24. The summed E-state index contributed by atoms with van der Waals surface area (Å²) in [7, 11) is 0. The van der Waals surface area contributed by atoms with Crippen molar-refractivity contribution in [3.63, 3.8) is 0 Å². The van der Waals surface area contributed by atoms with E-state index < -0.39 is 6.48 Å². The molecule has 1 atom stereocenters. The molecule has 0 heterocycles. The smallest absolute Gasteiger partial charge is 0.358 e. The van der Waals surface area contributed by atoms with Crippen LogP contribution in [0.15, 0.2) is 60.9 Å². The molecule has 1 aromatic carbocycles. The van der Waals surface area contributed by atoms with Crippen molar-refractivity contribution in [3.05, 3.63) is 60.9 Å². The van der Waals surface area contributed by atoms with E-state index in [1.54, 1.807) is 36.4 Å². The topological polar surface area (TPSA) is 57.2 Å². The molecule has 0 saturated carbocycles. The third-order valence-corrected chi connectivity index (χ3v) is 3.14. The van der Waals surface area contributed by atoms with Crippen LogP contribution in [0.2, 0.25) is 0 Å². The second-order valence-corrected chi connectivity index (χ2v) is 8.20. The minimum Gasteiger partial charge on any atom is -0.488 e. The van der Waals surface area contributed by atoms with Crippen LogP contribution in [0.5, 0.6) is 11.5 Å². The van der Waals surface area contributed by atoms with Crippen LogP contribution in [0.3, 0.4) is 0 Å². The first kappa shape index (κ1) is 23.8. The third-order valence-electron chi connectivity index (χ3n) is 3.14. The SMILES string of the molecule is C=C/C=C(\C/C=C\COC(C)(C)C)OC(O)Oc1ccc(OC(C)(C)C)cc1. The summed E-state index contributed by atoms with van der Waals surface area (Å²) < 4.78 is 22.2. The van der Waals surface area contributed by atoms with Crippen molar-refractivity contribution in [3.8, 4) is 11.5 Å². The standard InChI is InChI=1S/C23H34O5/c1-8-11-18(12-9-10-17-25-22(2,3)4)26-21(24)27-19-13-15-20(16-14-19)28-23(5,6)7/h8-11,13-16,21,24H,1,12,17H2,2-7H3/b10-9-,18-11+. The van der Waals surface area contributed by atoms with Crippen LogP contribution in [0.1, 0.15) is 48.0 Å². The molecular weight excluding hydrogens is 356 g/mol. The lowest BCUT2D eigenvalue weighted by Gasteiger charge is -2.21. The molecule has 0 radical (unpaired) electrons. The molecule has 0 fully saturated rings. The lowest BCUT2D eigenvalue weighted by Crippen LogP contribution is -2.23. The molecule has 0 aliphatic heterocycles. The first-order chi connectivity index (χ1) is 13.0. The highest BCUT2D eigenvalue weighted by atomic mass is 16.8. The summed E-state index contributed by atoms with van der Waals surface area (Å²) in [5.41, 5.74) is -0.459. The first-order valence-corrected chi connectivity index (χ1v) is 9.39. The lowest BCUT2D eigenvalue weighted by molar-refractivity contribution is -0.194. The van der Waals surface area contributed by atoms with Crippen LogP contribution < -0.4 is 9.47 Å². The van der Waals surface area contributed by atoms with Gasteiger partial charge in [-0.25, -0.2) is 0 Å². The Morgan fingerprint density at radius 2 is 1.61 bits per heavy atom. The van der Waals surface area contributed by atoms with Gasteiger partial charge >= 0.3 is 6.48 Å². The predicted octanol–water partition coefficient (Wildman–Crippen LogP) is 5.37. The maximum Gasteiger partial charge on any atom is 0.358 e. The maximum absolute atomic E-state index is 10.1. The minimum atomic E-state index is -1.43. The molecule has 0 aromatic heterocycles. The fourth-order valence-corrected chi connectivity index (χ4v) is 2.06. The Kier molecular flexibility index (Phi) is 9.29. The van der Waals surface area contributed by atoms with Gasteiger partial charge in [-0.2, -0.15) is 0 Å². The van der Waals surface area contributed by atoms with Crippen LogP contribution in [-0.4, -0.2) is 29.4 Å². The summed E-state index contributed by atoms with van der Waals surface area (Å²) in [5, 5.41) is 10.1. The molecule has 28 heavy (non-hydrogen) atoms. The number of aliphatic hydroxyl groups excluding tert-OH is 1. The minimum absolute atomic E-state index is 0.182. The molecule has 0 spiro atoms. The van der Waals surface area contributed by atoms with Gasteiger partial charge in [-0.15, -0.1) is 0 Å². The lowest BCUT2D eigenvalue weighted by atomic mass is 10.2. The van der Waals surface area contributed by atoms with Gasteiger partial charge in [0.2, 0.25) is 0 Å². The van der Waals surface area contributed by atoms with Gasteiger partial charge in [-0.1, -0.05) is 24.8 Å². The van der Waals surface area contributed by atoms with E-state index in [0.29, 0.717) is 24.5 Å². The van der Waals surface area contributed by atoms with Gasteiger partial charge in [0.25, 0.3) is 0 Å². The zero-order chi connectivity index (χ0) is 21.2. The first-order valence-electron chi connectivity index (χ1n) is 9.39. The van der Waals surface area contributed by atoms with Crippen LogP contribution in [0, 0.1) is 0 Å². The van der Waals surface area contributed by atoms with Gasteiger partial charge in [-0.05, 0) is 71.9 Å². The van der Waals surface area contributed by atoms with Gasteiger partial charge in [0.1, 0.15) is 22.9 Å². The molecule has 0 aliphatic carbocycles. The fraction of sp³-hybridized carbons (Fsp3) is 0.478. The second kappa shape index (κ2) is 10.9. The molecular formula is C23H34O5. The van der Waals surface area contributed by atoms with Crippen molar-refractivity contribution < 1.29 is 24.1 Å². The highest BCUT2D eigenvalue weighted by Gasteiger charge is 2.13. The second-order valence-electron chi connectivity index (χ2n) is 8.20. The molecule has 1 unspecified atom stereocenters. The van der Waals surface area contributed by atoms with E-state index in [1.807, 2.05) is 53.7 Å². The fourth-order valence-electron chi connectivity index (χ4n) is 2.06. The zero-order valence-corrected chi connectivity index (χ0v) is 17.9. The third kappa shape index (κ3) is 11.5. The van der Waals surface area contributed by atoms with Crippen LogP contribution in [-0.2, 0) is 9.47 Å². The molecule has 5 heteroatoms. The summed E-state index contributed by atoms with van der Waals surface area (Å²) in [6.07, 6.45) is 7.58. The van der Waals surface area contributed by atoms with Gasteiger partial charge < -0.3 is 24.1 Å². The summed E-state index contributed by atoms with van der Waals surface area (Å²) >= 11 is 0. The number of ether oxygens (including phenoxy) is 4. The van der Waals surface area contributed by atoms with E-state index >= 15 is 0 Å². The highest BCUT2D eigenvalue weighted by Crippen LogP contribution is 2.22. The average molecular weight is 391 g/mol. The normalized spacial score (nSPS) is 14.0. The molecule has 0 bridgehead atoms. The Morgan fingerprint density at radius 3 is 2.14 bits per heavy atom. The number of rotatable bonds is 10.